The second kappa shape index (κ2) is 5.38. The van der Waals surface area contributed by atoms with Crippen LogP contribution in [0.25, 0.3) is 0 Å². The van der Waals surface area contributed by atoms with E-state index >= 15 is 0 Å². The Morgan fingerprint density at radius 1 is 1.53 bits per heavy atom. The first-order valence-corrected chi connectivity index (χ1v) is 6.83. The van der Waals surface area contributed by atoms with Crippen molar-refractivity contribution in [3.05, 3.63) is 5.01 Å². The van der Waals surface area contributed by atoms with E-state index in [0.29, 0.717) is 5.01 Å². The maximum Gasteiger partial charge on any atom is 0.304 e. The van der Waals surface area contributed by atoms with Crippen LogP contribution in [0.5, 0.6) is 0 Å². The van der Waals surface area contributed by atoms with E-state index in [4.69, 9.17) is 5.11 Å². The topological polar surface area (TPSA) is 112 Å². The van der Waals surface area contributed by atoms with Crippen molar-refractivity contribution in [1.82, 2.24) is 14.5 Å². The van der Waals surface area contributed by atoms with Crippen molar-refractivity contribution >= 4 is 32.6 Å². The Bertz CT molecular complexity index is 498. The molecule has 1 heterocycles. The average Bonchev–Trinajstić information content (AvgIpc) is 2.59. The first kappa shape index (κ1) is 13.8. The van der Waals surface area contributed by atoms with Gasteiger partial charge in [0.15, 0.2) is 0 Å². The standard InChI is InChI=1S/C7H12N4O4S2/c1-5-8-9-7(16-5)10-17(14,15)11(2)4-3-6(12)13/h3-4H2,1-2H3,(H,9,10)(H,12,13). The lowest BCUT2D eigenvalue weighted by Gasteiger charge is -2.15. The maximum absolute atomic E-state index is 11.7. The summed E-state index contributed by atoms with van der Waals surface area (Å²) in [6.07, 6.45) is -0.257. The van der Waals surface area contributed by atoms with Crippen LogP contribution in [0.1, 0.15) is 11.4 Å². The van der Waals surface area contributed by atoms with Gasteiger partial charge in [-0.15, -0.1) is 10.2 Å². The number of hydrogen-bond acceptors (Lipinski definition) is 6. The largest absolute Gasteiger partial charge is 0.481 e. The normalized spacial score (nSPS) is 11.7. The third kappa shape index (κ3) is 4.24. The molecule has 0 fully saturated rings. The van der Waals surface area contributed by atoms with Crippen LogP contribution in [0.15, 0.2) is 0 Å². The molecular weight excluding hydrogens is 268 g/mol. The summed E-state index contributed by atoms with van der Waals surface area (Å²) < 4.78 is 26.5. The molecule has 0 aliphatic heterocycles. The molecule has 0 atom stereocenters. The number of aromatic nitrogens is 2. The van der Waals surface area contributed by atoms with Gasteiger partial charge in [0.25, 0.3) is 0 Å². The second-order valence-electron chi connectivity index (χ2n) is 3.20. The zero-order chi connectivity index (χ0) is 13.1. The van der Waals surface area contributed by atoms with Crippen molar-refractivity contribution in [1.29, 1.82) is 0 Å². The fourth-order valence-electron chi connectivity index (χ4n) is 0.899. The van der Waals surface area contributed by atoms with Crippen LogP contribution in [-0.4, -0.2) is 47.6 Å². The van der Waals surface area contributed by atoms with Gasteiger partial charge in [0.05, 0.1) is 6.42 Å². The van der Waals surface area contributed by atoms with Gasteiger partial charge < -0.3 is 5.11 Å². The van der Waals surface area contributed by atoms with Crippen molar-refractivity contribution in [2.24, 2.45) is 0 Å². The van der Waals surface area contributed by atoms with E-state index < -0.39 is 16.2 Å². The molecule has 1 aromatic heterocycles. The lowest BCUT2D eigenvalue weighted by atomic mass is 10.4. The quantitative estimate of drug-likeness (QED) is 0.753. The summed E-state index contributed by atoms with van der Waals surface area (Å²) in [5, 5.41) is 16.5. The molecule has 0 amide bonds. The Balaban J connectivity index is 2.64. The number of carbonyl (C=O) groups is 1. The predicted molar refractivity (Wildman–Crippen MR) is 62.1 cm³/mol. The number of hydrogen-bond donors (Lipinski definition) is 2. The molecule has 0 radical (unpaired) electrons. The summed E-state index contributed by atoms with van der Waals surface area (Å²) in [5.41, 5.74) is 0. The smallest absolute Gasteiger partial charge is 0.304 e. The van der Waals surface area contributed by atoms with Crippen LogP contribution in [-0.2, 0) is 15.0 Å². The Kier molecular flexibility index (Phi) is 4.37. The molecule has 96 valence electrons. The number of aryl methyl sites for hydroxylation is 1. The Morgan fingerprint density at radius 2 is 2.18 bits per heavy atom. The van der Waals surface area contributed by atoms with E-state index in [0.717, 1.165) is 15.6 Å². The second-order valence-corrected chi connectivity index (χ2v) is 6.16. The lowest BCUT2D eigenvalue weighted by Crippen LogP contribution is -2.34. The number of nitrogens with zero attached hydrogens (tertiary/aromatic N) is 3. The molecular formula is C7H12N4O4S2. The molecule has 0 saturated carbocycles. The van der Waals surface area contributed by atoms with Crippen LogP contribution in [0.4, 0.5) is 5.13 Å². The minimum absolute atomic E-state index is 0.109. The molecule has 0 spiro atoms. The highest BCUT2D eigenvalue weighted by Gasteiger charge is 2.19. The van der Waals surface area contributed by atoms with E-state index in [1.165, 1.54) is 7.05 Å². The monoisotopic (exact) mass is 280 g/mol. The lowest BCUT2D eigenvalue weighted by molar-refractivity contribution is -0.137. The summed E-state index contributed by atoms with van der Waals surface area (Å²) in [6, 6.07) is 0. The van der Waals surface area contributed by atoms with Crippen LogP contribution >= 0.6 is 11.3 Å². The Labute approximate surface area is 102 Å². The zero-order valence-corrected chi connectivity index (χ0v) is 10.9. The van der Waals surface area contributed by atoms with Crippen LogP contribution < -0.4 is 4.72 Å². The fraction of sp³-hybridized carbons (Fsp3) is 0.571. The van der Waals surface area contributed by atoms with Gasteiger partial charge >= 0.3 is 16.2 Å². The number of carboxylic acid groups (broad SMARTS) is 1. The van der Waals surface area contributed by atoms with E-state index in [9.17, 15) is 13.2 Å². The third-order valence-electron chi connectivity index (χ3n) is 1.79. The van der Waals surface area contributed by atoms with Gasteiger partial charge in [-0.1, -0.05) is 11.3 Å². The highest BCUT2D eigenvalue weighted by Crippen LogP contribution is 2.16. The molecule has 8 nitrogen and oxygen atoms in total. The van der Waals surface area contributed by atoms with Gasteiger partial charge in [-0.3, -0.25) is 4.79 Å². The number of anilines is 1. The van der Waals surface area contributed by atoms with Gasteiger partial charge in [0, 0.05) is 13.6 Å². The van der Waals surface area contributed by atoms with Crippen molar-refractivity contribution in [2.75, 3.05) is 18.3 Å². The average molecular weight is 280 g/mol. The zero-order valence-electron chi connectivity index (χ0n) is 9.24. The minimum Gasteiger partial charge on any atom is -0.481 e. The molecule has 17 heavy (non-hydrogen) atoms. The van der Waals surface area contributed by atoms with Gasteiger partial charge in [-0.2, -0.15) is 12.7 Å². The van der Waals surface area contributed by atoms with E-state index in [-0.39, 0.29) is 18.1 Å². The third-order valence-corrected chi connectivity index (χ3v) is 4.13. The SMILES string of the molecule is Cc1nnc(NS(=O)(=O)N(C)CCC(=O)O)s1. The molecule has 1 aromatic rings. The minimum atomic E-state index is -3.77. The molecule has 0 bridgehead atoms. The van der Waals surface area contributed by atoms with Crippen LogP contribution in [0.2, 0.25) is 0 Å². The molecule has 2 N–H and O–H groups in total. The number of nitrogens with one attached hydrogen (secondary N) is 1. The highest BCUT2D eigenvalue weighted by molar-refractivity contribution is 7.90. The van der Waals surface area contributed by atoms with Crippen molar-refractivity contribution in [3.8, 4) is 0 Å². The predicted octanol–water partition coefficient (Wildman–Crippen LogP) is -0.0903. The Hall–Kier alpha value is -1.26. The van der Waals surface area contributed by atoms with E-state index in [1.807, 2.05) is 0 Å². The fourth-order valence-corrected chi connectivity index (χ4v) is 2.57. The van der Waals surface area contributed by atoms with E-state index in [1.54, 1.807) is 6.92 Å². The molecule has 0 aliphatic rings. The molecule has 0 saturated heterocycles. The number of carboxylic acids is 1. The first-order valence-electron chi connectivity index (χ1n) is 4.57. The number of rotatable bonds is 6. The van der Waals surface area contributed by atoms with Crippen LogP contribution in [0.3, 0.4) is 0 Å². The first-order chi connectivity index (χ1) is 7.81. The maximum atomic E-state index is 11.7. The Morgan fingerprint density at radius 3 is 2.65 bits per heavy atom. The highest BCUT2D eigenvalue weighted by atomic mass is 32.2. The number of aliphatic carboxylic acids is 1. The summed E-state index contributed by atoms with van der Waals surface area (Å²) >= 11 is 1.10. The summed E-state index contributed by atoms with van der Waals surface area (Å²) in [6.45, 7) is 1.59. The van der Waals surface area contributed by atoms with Gasteiger partial charge in [-0.25, -0.2) is 4.72 Å². The van der Waals surface area contributed by atoms with Gasteiger partial charge in [0.2, 0.25) is 5.13 Å². The summed E-state index contributed by atoms with van der Waals surface area (Å²) in [7, 11) is -2.48. The van der Waals surface area contributed by atoms with Crippen molar-refractivity contribution < 1.29 is 18.3 Å². The summed E-state index contributed by atoms with van der Waals surface area (Å²) in [5.74, 6) is -1.06. The van der Waals surface area contributed by atoms with Crippen molar-refractivity contribution in [3.63, 3.8) is 0 Å². The van der Waals surface area contributed by atoms with Crippen molar-refractivity contribution in [2.45, 2.75) is 13.3 Å². The molecule has 0 aromatic carbocycles. The summed E-state index contributed by atoms with van der Waals surface area (Å²) in [4.78, 5) is 10.3. The molecule has 0 aliphatic carbocycles. The molecule has 10 heteroatoms. The van der Waals surface area contributed by atoms with Gasteiger partial charge in [0.1, 0.15) is 5.01 Å². The van der Waals surface area contributed by atoms with Gasteiger partial charge in [-0.05, 0) is 6.92 Å². The van der Waals surface area contributed by atoms with Crippen LogP contribution in [0, 0.1) is 6.92 Å². The molecule has 0 unspecified atom stereocenters. The molecule has 1 rings (SSSR count). The van der Waals surface area contributed by atoms with E-state index in [2.05, 4.69) is 14.9 Å².